The summed E-state index contributed by atoms with van der Waals surface area (Å²) in [5.74, 6) is -0.150. The Kier molecular flexibility index (Phi) is 4.47. The molecule has 4 N–H and O–H groups in total. The third-order valence-corrected chi connectivity index (χ3v) is 3.36. The maximum absolute atomic E-state index is 11.0. The van der Waals surface area contributed by atoms with Crippen molar-refractivity contribution >= 4 is 23.1 Å². The first-order chi connectivity index (χ1) is 7.06. The number of likely N-dealkylation sites (tertiary alicyclic amines) is 1. The number of carbonyl (C=O) groups excluding carboxylic acids is 1. The summed E-state index contributed by atoms with van der Waals surface area (Å²) in [4.78, 5) is 13.8. The molecule has 15 heavy (non-hydrogen) atoms. The zero-order valence-corrected chi connectivity index (χ0v) is 9.93. The second kappa shape index (κ2) is 5.42. The van der Waals surface area contributed by atoms with Gasteiger partial charge in [-0.25, -0.2) is 0 Å². The average Bonchev–Trinajstić information content (AvgIpc) is 2.19. The standard InChI is InChI=1S/C10H19N3OS/c1-2-8(10(12)15)13-5-3-7(4-6-13)9(11)14/h7-8H,2-6H2,1H3,(H2,11,14)(H2,12,15). The van der Waals surface area contributed by atoms with Gasteiger partial charge in [-0.3, -0.25) is 9.69 Å². The van der Waals surface area contributed by atoms with Gasteiger partial charge < -0.3 is 11.5 Å². The fourth-order valence-electron chi connectivity index (χ4n) is 2.13. The first-order valence-electron chi connectivity index (χ1n) is 5.39. The van der Waals surface area contributed by atoms with Crippen molar-refractivity contribution in [2.45, 2.75) is 32.2 Å². The Morgan fingerprint density at radius 2 is 2.00 bits per heavy atom. The maximum Gasteiger partial charge on any atom is 0.220 e. The van der Waals surface area contributed by atoms with Crippen LogP contribution >= 0.6 is 12.2 Å². The smallest absolute Gasteiger partial charge is 0.220 e. The Balaban J connectivity index is 2.49. The monoisotopic (exact) mass is 229 g/mol. The molecule has 0 aromatic rings. The van der Waals surface area contributed by atoms with E-state index in [1.54, 1.807) is 0 Å². The van der Waals surface area contributed by atoms with Crippen molar-refractivity contribution in [2.24, 2.45) is 17.4 Å². The zero-order valence-electron chi connectivity index (χ0n) is 9.11. The molecule has 1 rings (SSSR count). The lowest BCUT2D eigenvalue weighted by molar-refractivity contribution is -0.123. The van der Waals surface area contributed by atoms with Gasteiger partial charge in [0.05, 0.1) is 11.0 Å². The number of primary amides is 1. The van der Waals surface area contributed by atoms with Crippen molar-refractivity contribution in [3.05, 3.63) is 0 Å². The molecule has 86 valence electrons. The lowest BCUT2D eigenvalue weighted by Gasteiger charge is -2.35. The van der Waals surface area contributed by atoms with Gasteiger partial charge in [-0.2, -0.15) is 0 Å². The highest BCUT2D eigenvalue weighted by atomic mass is 32.1. The lowest BCUT2D eigenvalue weighted by Crippen LogP contribution is -2.48. The van der Waals surface area contributed by atoms with Crippen molar-refractivity contribution in [1.82, 2.24) is 4.90 Å². The average molecular weight is 229 g/mol. The molecule has 4 nitrogen and oxygen atoms in total. The Bertz CT molecular complexity index is 249. The molecule has 0 aromatic heterocycles. The van der Waals surface area contributed by atoms with Gasteiger partial charge in [0.2, 0.25) is 5.91 Å². The molecule has 0 bridgehead atoms. The minimum atomic E-state index is -0.182. The van der Waals surface area contributed by atoms with Crippen LogP contribution in [0.2, 0.25) is 0 Å². The molecule has 0 saturated carbocycles. The predicted octanol–water partition coefficient (Wildman–Crippen LogP) is 0.248. The summed E-state index contributed by atoms with van der Waals surface area (Å²) in [7, 11) is 0. The molecule has 1 aliphatic heterocycles. The molecule has 1 aliphatic rings. The third kappa shape index (κ3) is 3.14. The number of hydrogen-bond acceptors (Lipinski definition) is 3. The highest BCUT2D eigenvalue weighted by Crippen LogP contribution is 2.19. The molecule has 5 heteroatoms. The van der Waals surface area contributed by atoms with Crippen LogP contribution in [-0.4, -0.2) is 34.9 Å². The van der Waals surface area contributed by atoms with Gasteiger partial charge in [-0.15, -0.1) is 0 Å². The van der Waals surface area contributed by atoms with Crippen LogP contribution in [0.3, 0.4) is 0 Å². The van der Waals surface area contributed by atoms with Gasteiger partial charge in [0.25, 0.3) is 0 Å². The van der Waals surface area contributed by atoms with Crippen LogP contribution in [0.25, 0.3) is 0 Å². The first kappa shape index (κ1) is 12.4. The van der Waals surface area contributed by atoms with Gasteiger partial charge in [-0.1, -0.05) is 19.1 Å². The summed E-state index contributed by atoms with van der Waals surface area (Å²) < 4.78 is 0. The minimum absolute atomic E-state index is 0.0325. The van der Waals surface area contributed by atoms with E-state index in [0.717, 1.165) is 32.4 Å². The van der Waals surface area contributed by atoms with E-state index in [-0.39, 0.29) is 17.9 Å². The van der Waals surface area contributed by atoms with E-state index in [0.29, 0.717) is 4.99 Å². The second-order valence-electron chi connectivity index (χ2n) is 4.04. The van der Waals surface area contributed by atoms with E-state index in [2.05, 4.69) is 11.8 Å². The van der Waals surface area contributed by atoms with Crippen LogP contribution < -0.4 is 11.5 Å². The van der Waals surface area contributed by atoms with Crippen LogP contribution in [0.1, 0.15) is 26.2 Å². The Hall–Kier alpha value is -0.680. The molecule has 1 amide bonds. The Labute approximate surface area is 96.0 Å². The van der Waals surface area contributed by atoms with Crippen molar-refractivity contribution in [2.75, 3.05) is 13.1 Å². The third-order valence-electron chi connectivity index (χ3n) is 3.09. The predicted molar refractivity (Wildman–Crippen MR) is 64.4 cm³/mol. The van der Waals surface area contributed by atoms with E-state index in [4.69, 9.17) is 23.7 Å². The van der Waals surface area contributed by atoms with Crippen molar-refractivity contribution in [3.8, 4) is 0 Å². The van der Waals surface area contributed by atoms with Crippen LogP contribution in [0.4, 0.5) is 0 Å². The van der Waals surface area contributed by atoms with Crippen molar-refractivity contribution in [3.63, 3.8) is 0 Å². The molecule has 1 unspecified atom stereocenters. The van der Waals surface area contributed by atoms with Crippen LogP contribution in [-0.2, 0) is 4.79 Å². The van der Waals surface area contributed by atoms with Crippen molar-refractivity contribution in [1.29, 1.82) is 0 Å². The van der Waals surface area contributed by atoms with E-state index in [9.17, 15) is 4.79 Å². The van der Waals surface area contributed by atoms with Crippen LogP contribution in [0.5, 0.6) is 0 Å². The number of hydrogen-bond donors (Lipinski definition) is 2. The Morgan fingerprint density at radius 3 is 2.33 bits per heavy atom. The number of thiocarbonyl (C=S) groups is 1. The highest BCUT2D eigenvalue weighted by Gasteiger charge is 2.27. The molecule has 0 radical (unpaired) electrons. The van der Waals surface area contributed by atoms with Gasteiger partial charge in [0.15, 0.2) is 0 Å². The molecule has 0 aliphatic carbocycles. The van der Waals surface area contributed by atoms with Gasteiger partial charge in [0, 0.05) is 5.92 Å². The number of nitrogens with zero attached hydrogens (tertiary/aromatic N) is 1. The van der Waals surface area contributed by atoms with E-state index in [1.165, 1.54) is 0 Å². The molecule has 0 spiro atoms. The van der Waals surface area contributed by atoms with E-state index in [1.807, 2.05) is 0 Å². The Morgan fingerprint density at radius 1 is 1.47 bits per heavy atom. The molecular weight excluding hydrogens is 210 g/mol. The van der Waals surface area contributed by atoms with E-state index < -0.39 is 0 Å². The quantitative estimate of drug-likeness (QED) is 0.678. The van der Waals surface area contributed by atoms with Gasteiger partial charge >= 0.3 is 0 Å². The normalized spacial score (nSPS) is 21.1. The topological polar surface area (TPSA) is 72.3 Å². The lowest BCUT2D eigenvalue weighted by atomic mass is 9.95. The number of nitrogens with two attached hydrogens (primary N) is 2. The second-order valence-corrected chi connectivity index (χ2v) is 4.51. The maximum atomic E-state index is 11.0. The minimum Gasteiger partial charge on any atom is -0.392 e. The molecule has 1 heterocycles. The summed E-state index contributed by atoms with van der Waals surface area (Å²) in [6.45, 7) is 3.80. The van der Waals surface area contributed by atoms with Crippen molar-refractivity contribution < 1.29 is 4.79 Å². The molecule has 1 fully saturated rings. The molecule has 1 atom stereocenters. The van der Waals surface area contributed by atoms with Crippen LogP contribution in [0.15, 0.2) is 0 Å². The summed E-state index contributed by atoms with van der Waals surface area (Å²) >= 11 is 5.02. The largest absolute Gasteiger partial charge is 0.392 e. The van der Waals surface area contributed by atoms with Gasteiger partial charge in [-0.05, 0) is 32.4 Å². The number of amides is 1. The summed E-state index contributed by atoms with van der Waals surface area (Å²) in [6.07, 6.45) is 2.58. The molecule has 1 saturated heterocycles. The number of rotatable bonds is 4. The summed E-state index contributed by atoms with van der Waals surface area (Å²) in [5, 5.41) is 0. The molecule has 0 aromatic carbocycles. The molecular formula is C10H19N3OS. The number of piperidine rings is 1. The zero-order chi connectivity index (χ0) is 11.4. The summed E-state index contributed by atoms with van der Waals surface area (Å²) in [5.41, 5.74) is 10.9. The fourth-order valence-corrected chi connectivity index (χ4v) is 2.45. The summed E-state index contributed by atoms with van der Waals surface area (Å²) in [6, 6.07) is 0.175. The fraction of sp³-hybridized carbons (Fsp3) is 0.800. The number of carbonyl (C=O) groups is 1. The van der Waals surface area contributed by atoms with Crippen LogP contribution in [0, 0.1) is 5.92 Å². The SMILES string of the molecule is CCC(C(N)=S)N1CCC(C(N)=O)CC1. The first-order valence-corrected chi connectivity index (χ1v) is 5.79. The van der Waals surface area contributed by atoms with E-state index >= 15 is 0 Å². The highest BCUT2D eigenvalue weighted by molar-refractivity contribution is 7.80. The van der Waals surface area contributed by atoms with Gasteiger partial charge in [0.1, 0.15) is 0 Å².